The first-order valence-electron chi connectivity index (χ1n) is 13.1. The normalized spacial score (nSPS) is 16.3. The number of halogens is 10. The number of piperazine rings is 1. The van der Waals surface area contributed by atoms with Crippen LogP contribution in [-0.4, -0.2) is 70.6 Å². The topological polar surface area (TPSA) is 131 Å². The van der Waals surface area contributed by atoms with Gasteiger partial charge >= 0.3 is 12.5 Å². The fourth-order valence-electron chi connectivity index (χ4n) is 4.71. The number of hydrogen-bond donors (Lipinski definition) is 1. The largest absolute Gasteiger partial charge is 0.573 e. The van der Waals surface area contributed by atoms with Crippen LogP contribution in [0.15, 0.2) is 47.9 Å². The van der Waals surface area contributed by atoms with Crippen molar-refractivity contribution in [2.75, 3.05) is 24.5 Å². The van der Waals surface area contributed by atoms with Crippen molar-refractivity contribution in [3.05, 3.63) is 77.4 Å². The zero-order valence-corrected chi connectivity index (χ0v) is 24.3. The maximum atomic E-state index is 14.5. The lowest BCUT2D eigenvalue weighted by atomic mass is 10.1. The average molecular weight is 714 g/mol. The van der Waals surface area contributed by atoms with Gasteiger partial charge in [0.1, 0.15) is 35.0 Å². The van der Waals surface area contributed by atoms with E-state index >= 15 is 0 Å². The molecule has 1 amide bonds. The van der Waals surface area contributed by atoms with Crippen molar-refractivity contribution >= 4 is 32.9 Å². The summed E-state index contributed by atoms with van der Waals surface area (Å²) < 4.78 is 166. The number of fused-ring (bicyclic) bond motifs is 1. The van der Waals surface area contributed by atoms with E-state index in [0.717, 1.165) is 18.5 Å². The summed E-state index contributed by atoms with van der Waals surface area (Å²) in [6.07, 6.45) is -7.15. The summed E-state index contributed by atoms with van der Waals surface area (Å²) in [5.74, 6) is -12.5. The summed E-state index contributed by atoms with van der Waals surface area (Å²) >= 11 is 0. The lowest BCUT2D eigenvalue weighted by molar-refractivity contribution is -0.274. The van der Waals surface area contributed by atoms with Crippen LogP contribution in [0.2, 0.25) is 0 Å². The minimum atomic E-state index is -5.81. The number of benzene rings is 2. The van der Waals surface area contributed by atoms with Crippen molar-refractivity contribution in [1.82, 2.24) is 29.6 Å². The first-order chi connectivity index (χ1) is 22.4. The Labute approximate surface area is 262 Å². The smallest absolute Gasteiger partial charge is 0.406 e. The molecule has 1 N–H and O–H groups in total. The van der Waals surface area contributed by atoms with Crippen LogP contribution in [0.3, 0.4) is 0 Å². The second-order valence-electron chi connectivity index (χ2n) is 9.88. The van der Waals surface area contributed by atoms with Crippen LogP contribution >= 0.6 is 0 Å². The van der Waals surface area contributed by atoms with Crippen molar-refractivity contribution in [1.29, 1.82) is 0 Å². The number of sulfonamides is 1. The monoisotopic (exact) mass is 713 g/mol. The van der Waals surface area contributed by atoms with Crippen molar-refractivity contribution < 1.29 is 61.9 Å². The Hall–Kier alpha value is -4.86. The number of anilines is 1. The van der Waals surface area contributed by atoms with Gasteiger partial charge in [-0.2, -0.15) is 17.5 Å². The van der Waals surface area contributed by atoms with Gasteiger partial charge in [0.15, 0.2) is 28.9 Å². The number of rotatable bonds is 7. The Morgan fingerprint density at radius 3 is 2.17 bits per heavy atom. The molecule has 0 spiro atoms. The Morgan fingerprint density at radius 2 is 1.56 bits per heavy atom. The van der Waals surface area contributed by atoms with Crippen LogP contribution in [0.25, 0.3) is 11.2 Å². The molecule has 3 heterocycles. The lowest BCUT2D eigenvalue weighted by Gasteiger charge is -2.40. The van der Waals surface area contributed by atoms with Gasteiger partial charge < -0.3 is 15.0 Å². The highest BCUT2D eigenvalue weighted by Gasteiger charge is 2.44. The summed E-state index contributed by atoms with van der Waals surface area (Å²) in [6.45, 7) is -2.64. The summed E-state index contributed by atoms with van der Waals surface area (Å²) in [5, 5.41) is 1.89. The number of hydrogen-bond acceptors (Lipinski definition) is 9. The van der Waals surface area contributed by atoms with Gasteiger partial charge in [-0.1, -0.05) is 0 Å². The highest BCUT2D eigenvalue weighted by Crippen LogP contribution is 2.37. The number of carbonyl (C=O) groups is 1. The zero-order chi connectivity index (χ0) is 35.2. The molecule has 2 aromatic heterocycles. The molecular formula is C26H17F10N7O4S. The molecule has 5 rings (SSSR count). The molecule has 1 aliphatic heterocycles. The van der Waals surface area contributed by atoms with E-state index in [1.165, 1.54) is 17.3 Å². The Bertz CT molecular complexity index is 1950. The summed E-state index contributed by atoms with van der Waals surface area (Å²) in [4.78, 5) is 30.3. The average Bonchev–Trinajstić information content (AvgIpc) is 3.02. The van der Waals surface area contributed by atoms with E-state index in [-0.39, 0.29) is 23.5 Å². The summed E-state index contributed by atoms with van der Waals surface area (Å²) in [7, 11) is -4.73. The van der Waals surface area contributed by atoms with E-state index in [1.54, 1.807) is 0 Å². The Morgan fingerprint density at radius 1 is 0.917 bits per heavy atom. The van der Waals surface area contributed by atoms with E-state index in [2.05, 4.69) is 24.7 Å². The van der Waals surface area contributed by atoms with Crippen molar-refractivity contribution in [3.8, 4) is 5.75 Å². The highest BCUT2D eigenvalue weighted by atomic mass is 32.2. The predicted octanol–water partition coefficient (Wildman–Crippen LogP) is 4.09. The van der Waals surface area contributed by atoms with Crippen LogP contribution in [-0.2, 0) is 27.5 Å². The zero-order valence-electron chi connectivity index (χ0n) is 23.5. The molecule has 2 aromatic carbocycles. The maximum absolute atomic E-state index is 14.5. The van der Waals surface area contributed by atoms with Crippen molar-refractivity contribution in [3.63, 3.8) is 0 Å². The number of aromatic nitrogens is 4. The third-order valence-corrected chi connectivity index (χ3v) is 8.83. The third kappa shape index (κ3) is 6.88. The number of nitrogens with zero attached hydrogens (tertiary/aromatic N) is 6. The van der Waals surface area contributed by atoms with Crippen LogP contribution in [0, 0.1) is 23.3 Å². The van der Waals surface area contributed by atoms with Gasteiger partial charge in [0.2, 0.25) is 15.9 Å². The molecule has 0 unspecified atom stereocenters. The van der Waals surface area contributed by atoms with Gasteiger partial charge in [-0.3, -0.25) is 4.79 Å². The fraction of sp³-hybridized carbons (Fsp3) is 0.269. The second kappa shape index (κ2) is 12.6. The Balaban J connectivity index is 1.47. The molecule has 48 heavy (non-hydrogen) atoms. The molecule has 11 nitrogen and oxygen atoms in total. The first-order valence-corrected chi connectivity index (χ1v) is 14.6. The molecule has 22 heteroatoms. The standard InChI is InChI=1S/C26H17F10N7O4S/c27-19-14(20(28)22(30)18(21(19)29)25(31,32)33)7-39-24(44)16-10-42(17-9-38-15-8-37-11-40-23(15)41-17)5-6-43(16)48(45,46)13-3-1-12(2-4-13)47-26(34,35)36/h1-4,8-9,11,16H,5-7,10H2,(H,39,44)/t16-/m1/s1. The van der Waals surface area contributed by atoms with Crippen LogP contribution in [0.4, 0.5) is 49.7 Å². The van der Waals surface area contributed by atoms with Gasteiger partial charge in [0, 0.05) is 31.7 Å². The van der Waals surface area contributed by atoms with Crippen molar-refractivity contribution in [2.24, 2.45) is 0 Å². The minimum absolute atomic E-state index is 0.0775. The molecule has 0 aliphatic carbocycles. The van der Waals surface area contributed by atoms with E-state index < -0.39 is 99.2 Å². The van der Waals surface area contributed by atoms with Gasteiger partial charge in [-0.25, -0.2) is 45.9 Å². The lowest BCUT2D eigenvalue weighted by Crippen LogP contribution is -2.60. The van der Waals surface area contributed by atoms with Gasteiger partial charge in [0.05, 0.1) is 17.3 Å². The van der Waals surface area contributed by atoms with Crippen molar-refractivity contribution in [2.45, 2.75) is 30.0 Å². The van der Waals surface area contributed by atoms with E-state index in [4.69, 9.17) is 0 Å². The SMILES string of the molecule is O=C(NCc1c(F)c(F)c(C(F)(F)F)c(F)c1F)[C@H]1CN(c2cnc3cncnc3n2)CCN1S(=O)(=O)c1ccc(OC(F)(F)F)cc1. The first kappa shape index (κ1) is 34.5. The Kier molecular flexibility index (Phi) is 9.07. The molecule has 1 fully saturated rings. The van der Waals surface area contributed by atoms with Crippen LogP contribution in [0.5, 0.6) is 5.75 Å². The third-order valence-electron chi connectivity index (χ3n) is 6.91. The van der Waals surface area contributed by atoms with Gasteiger partial charge in [-0.05, 0) is 24.3 Å². The molecule has 0 bridgehead atoms. The second-order valence-corrected chi connectivity index (χ2v) is 11.8. The molecule has 256 valence electrons. The van der Waals surface area contributed by atoms with Crippen LogP contribution < -0.4 is 15.0 Å². The number of alkyl halides is 6. The van der Waals surface area contributed by atoms with E-state index in [9.17, 15) is 57.1 Å². The number of carbonyl (C=O) groups excluding carboxylic acids is 1. The summed E-state index contributed by atoms with van der Waals surface area (Å²) in [5.41, 5.74) is -4.08. The van der Waals surface area contributed by atoms with Crippen LogP contribution in [0.1, 0.15) is 11.1 Å². The van der Waals surface area contributed by atoms with E-state index in [0.29, 0.717) is 16.4 Å². The molecule has 0 saturated carbocycles. The predicted molar refractivity (Wildman–Crippen MR) is 141 cm³/mol. The molecular weight excluding hydrogens is 696 g/mol. The molecule has 0 radical (unpaired) electrons. The number of nitrogens with one attached hydrogen (secondary N) is 1. The van der Waals surface area contributed by atoms with Gasteiger partial charge in [-0.15, -0.1) is 13.2 Å². The number of amides is 1. The number of ether oxygens (including phenoxy) is 1. The molecule has 1 atom stereocenters. The highest BCUT2D eigenvalue weighted by molar-refractivity contribution is 7.89. The molecule has 4 aromatic rings. The van der Waals surface area contributed by atoms with E-state index in [1.807, 2.05) is 5.32 Å². The summed E-state index contributed by atoms with van der Waals surface area (Å²) in [6, 6.07) is 1.07. The minimum Gasteiger partial charge on any atom is -0.406 e. The quantitative estimate of drug-likeness (QED) is 0.223. The molecule has 1 saturated heterocycles. The maximum Gasteiger partial charge on any atom is 0.573 e. The molecule has 1 aliphatic rings. The van der Waals surface area contributed by atoms with Gasteiger partial charge in [0.25, 0.3) is 0 Å². The fourth-order valence-corrected chi connectivity index (χ4v) is 6.28.